The molecule has 0 saturated heterocycles. The van der Waals surface area contributed by atoms with E-state index >= 15 is 0 Å². The maximum absolute atomic E-state index is 13.7. The molecule has 1 amide bonds. The number of rotatable bonds is 4. The van der Waals surface area contributed by atoms with Crippen LogP contribution in [-0.4, -0.2) is 17.9 Å². The Labute approximate surface area is 133 Å². The Morgan fingerprint density at radius 2 is 1.86 bits per heavy atom. The zero-order valence-corrected chi connectivity index (χ0v) is 12.9. The first-order valence-corrected chi connectivity index (χ1v) is 7.19. The number of carbonyl (C=O) groups is 1. The van der Waals surface area contributed by atoms with Crippen molar-refractivity contribution in [2.75, 3.05) is 7.05 Å². The van der Waals surface area contributed by atoms with Gasteiger partial charge in [-0.25, -0.2) is 4.39 Å². The molecule has 2 aromatic rings. The van der Waals surface area contributed by atoms with Crippen LogP contribution in [0.5, 0.6) is 0 Å². The van der Waals surface area contributed by atoms with Crippen LogP contribution in [0.15, 0.2) is 48.5 Å². The van der Waals surface area contributed by atoms with Crippen LogP contribution in [0.1, 0.15) is 16.5 Å². The van der Waals surface area contributed by atoms with Crippen molar-refractivity contribution in [3.8, 4) is 0 Å². The van der Waals surface area contributed by atoms with Crippen LogP contribution in [0.2, 0.25) is 5.02 Å². The maximum atomic E-state index is 13.7. The molecule has 0 aromatic heterocycles. The number of likely N-dealkylation sites (N-methyl/N-ethyl adjacent to an activating group) is 1. The lowest BCUT2D eigenvalue weighted by Crippen LogP contribution is -2.29. The lowest BCUT2D eigenvalue weighted by molar-refractivity contribution is -0.130. The second-order valence-corrected chi connectivity index (χ2v) is 5.51. The van der Waals surface area contributed by atoms with Crippen LogP contribution >= 0.6 is 23.2 Å². The van der Waals surface area contributed by atoms with Gasteiger partial charge in [-0.1, -0.05) is 48.0 Å². The summed E-state index contributed by atoms with van der Waals surface area (Å²) in [5.41, 5.74) is 0.989. The number of alkyl halides is 1. The summed E-state index contributed by atoms with van der Waals surface area (Å²) in [6, 6.07) is 13.5. The highest BCUT2D eigenvalue weighted by atomic mass is 35.5. The molecule has 21 heavy (non-hydrogen) atoms. The van der Waals surface area contributed by atoms with Crippen LogP contribution in [0.25, 0.3) is 0 Å². The van der Waals surface area contributed by atoms with E-state index in [4.69, 9.17) is 23.2 Å². The molecular weight excluding hydrogens is 312 g/mol. The Kier molecular flexibility index (Phi) is 5.21. The van der Waals surface area contributed by atoms with E-state index in [2.05, 4.69) is 0 Å². The summed E-state index contributed by atoms with van der Waals surface area (Å²) < 4.78 is 13.7. The van der Waals surface area contributed by atoms with E-state index in [-0.39, 0.29) is 18.0 Å². The summed E-state index contributed by atoms with van der Waals surface area (Å²) in [6.07, 6.45) is 0. The number of nitrogens with zero attached hydrogens (tertiary/aromatic N) is 1. The van der Waals surface area contributed by atoms with Gasteiger partial charge in [0.15, 0.2) is 0 Å². The molecule has 5 heteroatoms. The third-order valence-electron chi connectivity index (χ3n) is 3.14. The number of hydrogen-bond acceptors (Lipinski definition) is 1. The molecule has 0 bridgehead atoms. The second kappa shape index (κ2) is 6.92. The molecule has 110 valence electrons. The van der Waals surface area contributed by atoms with Gasteiger partial charge < -0.3 is 4.90 Å². The van der Waals surface area contributed by atoms with E-state index in [0.29, 0.717) is 10.6 Å². The second-order valence-electron chi connectivity index (χ2n) is 4.67. The molecule has 1 unspecified atom stereocenters. The van der Waals surface area contributed by atoms with Gasteiger partial charge in [0.2, 0.25) is 5.91 Å². The van der Waals surface area contributed by atoms with Crippen molar-refractivity contribution >= 4 is 29.1 Å². The standard InChI is InChI=1S/C16H14Cl2FNO/c1-20(10-12-13(17)8-5-9-14(12)19)16(21)15(18)11-6-3-2-4-7-11/h2-9,15H,10H2,1H3. The van der Waals surface area contributed by atoms with Crippen molar-refractivity contribution < 1.29 is 9.18 Å². The fourth-order valence-electron chi connectivity index (χ4n) is 1.96. The lowest BCUT2D eigenvalue weighted by atomic mass is 10.1. The van der Waals surface area contributed by atoms with Gasteiger partial charge in [0, 0.05) is 24.2 Å². The first-order valence-electron chi connectivity index (χ1n) is 6.37. The summed E-state index contributed by atoms with van der Waals surface area (Å²) in [5, 5.41) is -0.512. The highest BCUT2D eigenvalue weighted by Gasteiger charge is 2.22. The average molecular weight is 326 g/mol. The Bertz CT molecular complexity index is 613. The van der Waals surface area contributed by atoms with Crippen LogP contribution in [0, 0.1) is 5.82 Å². The highest BCUT2D eigenvalue weighted by Crippen LogP contribution is 2.25. The van der Waals surface area contributed by atoms with Gasteiger partial charge in [-0.05, 0) is 17.7 Å². The smallest absolute Gasteiger partial charge is 0.245 e. The normalized spacial score (nSPS) is 12.0. The van der Waals surface area contributed by atoms with Gasteiger partial charge in [0.25, 0.3) is 0 Å². The molecule has 2 aromatic carbocycles. The van der Waals surface area contributed by atoms with E-state index in [1.165, 1.54) is 17.0 Å². The Morgan fingerprint density at radius 1 is 1.19 bits per heavy atom. The van der Waals surface area contributed by atoms with E-state index in [0.717, 1.165) is 0 Å². The van der Waals surface area contributed by atoms with Gasteiger partial charge in [-0.15, -0.1) is 11.6 Å². The minimum absolute atomic E-state index is 0.0698. The highest BCUT2D eigenvalue weighted by molar-refractivity contribution is 6.31. The van der Waals surface area contributed by atoms with Gasteiger partial charge >= 0.3 is 0 Å². The molecule has 0 fully saturated rings. The zero-order valence-electron chi connectivity index (χ0n) is 11.4. The zero-order chi connectivity index (χ0) is 15.4. The minimum Gasteiger partial charge on any atom is -0.340 e. The molecule has 1 atom stereocenters. The molecule has 0 N–H and O–H groups in total. The molecular formula is C16H14Cl2FNO. The summed E-state index contributed by atoms with van der Waals surface area (Å²) in [5.74, 6) is -0.741. The van der Waals surface area contributed by atoms with Crippen molar-refractivity contribution in [2.45, 2.75) is 11.9 Å². The number of hydrogen-bond donors (Lipinski definition) is 0. The minimum atomic E-state index is -0.804. The van der Waals surface area contributed by atoms with Gasteiger partial charge in [0.05, 0.1) is 0 Å². The van der Waals surface area contributed by atoms with Crippen LogP contribution in [0.4, 0.5) is 4.39 Å². The predicted octanol–water partition coefficient (Wildman–Crippen LogP) is 4.42. The van der Waals surface area contributed by atoms with Crippen molar-refractivity contribution in [2.24, 2.45) is 0 Å². The van der Waals surface area contributed by atoms with E-state index in [1.54, 1.807) is 25.2 Å². The first-order chi connectivity index (χ1) is 10.0. The van der Waals surface area contributed by atoms with Crippen molar-refractivity contribution in [1.29, 1.82) is 0 Å². The van der Waals surface area contributed by atoms with Gasteiger partial charge in [0.1, 0.15) is 11.2 Å². The van der Waals surface area contributed by atoms with Crippen molar-refractivity contribution in [1.82, 2.24) is 4.90 Å². The van der Waals surface area contributed by atoms with Crippen LogP contribution < -0.4 is 0 Å². The summed E-state index contributed by atoms with van der Waals surface area (Å²) >= 11 is 12.1. The summed E-state index contributed by atoms with van der Waals surface area (Å²) in [6.45, 7) is 0.0698. The van der Waals surface area contributed by atoms with E-state index in [1.807, 2.05) is 18.2 Å². The molecule has 2 nitrogen and oxygen atoms in total. The van der Waals surface area contributed by atoms with Crippen molar-refractivity contribution in [3.63, 3.8) is 0 Å². The molecule has 0 aliphatic heterocycles. The molecule has 0 spiro atoms. The Hall–Kier alpha value is -1.58. The first kappa shape index (κ1) is 15.8. The predicted molar refractivity (Wildman–Crippen MR) is 82.9 cm³/mol. The Morgan fingerprint density at radius 3 is 2.48 bits per heavy atom. The van der Waals surface area contributed by atoms with Gasteiger partial charge in [-0.2, -0.15) is 0 Å². The molecule has 2 rings (SSSR count). The fourth-order valence-corrected chi connectivity index (χ4v) is 2.49. The Balaban J connectivity index is 2.13. The topological polar surface area (TPSA) is 20.3 Å². The van der Waals surface area contributed by atoms with E-state index in [9.17, 15) is 9.18 Å². The number of amides is 1. The number of halogens is 3. The number of benzene rings is 2. The third kappa shape index (κ3) is 3.74. The van der Waals surface area contributed by atoms with Crippen LogP contribution in [0.3, 0.4) is 0 Å². The molecule has 0 aliphatic rings. The number of carbonyl (C=O) groups excluding carboxylic acids is 1. The molecule has 0 radical (unpaired) electrons. The van der Waals surface area contributed by atoms with E-state index < -0.39 is 11.2 Å². The summed E-state index contributed by atoms with van der Waals surface area (Å²) in [7, 11) is 1.57. The molecule has 0 heterocycles. The SMILES string of the molecule is CN(Cc1c(F)cccc1Cl)C(=O)C(Cl)c1ccccc1. The summed E-state index contributed by atoms with van der Waals surface area (Å²) in [4.78, 5) is 13.7. The van der Waals surface area contributed by atoms with Crippen molar-refractivity contribution in [3.05, 3.63) is 70.5 Å². The maximum Gasteiger partial charge on any atom is 0.245 e. The molecule has 0 aliphatic carbocycles. The monoisotopic (exact) mass is 325 g/mol. The largest absolute Gasteiger partial charge is 0.340 e. The fraction of sp³-hybridized carbons (Fsp3) is 0.188. The quantitative estimate of drug-likeness (QED) is 0.762. The van der Waals surface area contributed by atoms with Gasteiger partial charge in [-0.3, -0.25) is 4.79 Å². The third-order valence-corrected chi connectivity index (χ3v) is 3.94. The lowest BCUT2D eigenvalue weighted by Gasteiger charge is -2.21. The average Bonchev–Trinajstić information content (AvgIpc) is 2.50. The van der Waals surface area contributed by atoms with Crippen LogP contribution in [-0.2, 0) is 11.3 Å². The molecule has 0 saturated carbocycles.